The molecule has 2 rings (SSSR count). The van der Waals surface area contributed by atoms with E-state index in [0.717, 1.165) is 0 Å². The van der Waals surface area contributed by atoms with Crippen molar-refractivity contribution in [3.05, 3.63) is 76.2 Å². The van der Waals surface area contributed by atoms with E-state index in [4.69, 9.17) is 5.39 Å². The maximum atomic E-state index is 12.3. The van der Waals surface area contributed by atoms with Gasteiger partial charge in [0.2, 0.25) is 11.2 Å². The van der Waals surface area contributed by atoms with Crippen LogP contribution in [0, 0.1) is 5.39 Å². The first-order valence-corrected chi connectivity index (χ1v) is 7.19. The van der Waals surface area contributed by atoms with Gasteiger partial charge in [0.25, 0.3) is 9.84 Å². The Bertz CT molecular complexity index is 776. The molecular weight excluding hydrogens is 276 g/mol. The number of hydrogen-bond acceptors (Lipinski definition) is 4. The normalized spacial score (nSPS) is 12.3. The molecule has 100 valence electrons. The summed E-state index contributed by atoms with van der Waals surface area (Å²) in [5.74, 6) is -0.600. The Morgan fingerprint density at radius 2 is 1.45 bits per heavy atom. The Labute approximate surface area is 116 Å². The zero-order chi connectivity index (χ0) is 14.6. The van der Waals surface area contributed by atoms with Gasteiger partial charge in [0.1, 0.15) is 0 Å². The molecule has 0 heterocycles. The van der Waals surface area contributed by atoms with E-state index in [9.17, 15) is 13.5 Å². The van der Waals surface area contributed by atoms with Gasteiger partial charge in [-0.1, -0.05) is 48.5 Å². The van der Waals surface area contributed by atoms with E-state index >= 15 is 0 Å². The summed E-state index contributed by atoms with van der Waals surface area (Å²) in [5.41, 5.74) is 0.250. The van der Waals surface area contributed by atoms with Crippen molar-refractivity contribution in [3.8, 4) is 0 Å². The van der Waals surface area contributed by atoms with E-state index in [0.29, 0.717) is 0 Å². The van der Waals surface area contributed by atoms with Gasteiger partial charge in [-0.25, -0.2) is 8.42 Å². The highest BCUT2D eigenvalue weighted by Crippen LogP contribution is 2.26. The topological polar surface area (TPSA) is 82.5 Å². The molecule has 1 N–H and O–H groups in total. The van der Waals surface area contributed by atoms with E-state index in [1.54, 1.807) is 36.4 Å². The van der Waals surface area contributed by atoms with Gasteiger partial charge in [-0.05, 0) is 12.1 Å². The molecule has 0 spiro atoms. The van der Waals surface area contributed by atoms with Crippen molar-refractivity contribution in [1.29, 1.82) is 5.39 Å². The van der Waals surface area contributed by atoms with Gasteiger partial charge in [0.15, 0.2) is 4.98 Å². The van der Waals surface area contributed by atoms with Crippen LogP contribution in [0.15, 0.2) is 70.6 Å². The van der Waals surface area contributed by atoms with Crippen LogP contribution in [0.4, 0.5) is 0 Å². The van der Waals surface area contributed by atoms with Crippen molar-refractivity contribution in [2.24, 2.45) is 0 Å². The summed E-state index contributed by atoms with van der Waals surface area (Å²) in [7, 11) is -4.09. The summed E-state index contributed by atoms with van der Waals surface area (Å²) in [5, 5.41) is 18.2. The molecule has 2 aromatic carbocycles. The predicted molar refractivity (Wildman–Crippen MR) is 74.7 cm³/mol. The number of diazo groups is 1. The van der Waals surface area contributed by atoms with Crippen LogP contribution in [0.2, 0.25) is 0 Å². The van der Waals surface area contributed by atoms with E-state index < -0.39 is 20.6 Å². The summed E-state index contributed by atoms with van der Waals surface area (Å²) in [6.07, 6.45) is 0. The smallest absolute Gasteiger partial charge is 0.500 e. The second kappa shape index (κ2) is 5.55. The Hall–Kier alpha value is -2.65. The molecule has 0 aliphatic heterocycles. The molecule has 0 aliphatic rings. The molecular formula is C14H11N2O3S+. The third kappa shape index (κ3) is 2.53. The van der Waals surface area contributed by atoms with Crippen LogP contribution in [0.5, 0.6) is 0 Å². The highest BCUT2D eigenvalue weighted by molar-refractivity contribution is 7.95. The molecule has 0 saturated carbocycles. The third-order valence-electron chi connectivity index (χ3n) is 2.65. The monoisotopic (exact) mass is 287 g/mol. The lowest BCUT2D eigenvalue weighted by atomic mass is 10.2. The van der Waals surface area contributed by atoms with Crippen LogP contribution in [-0.4, -0.2) is 13.5 Å². The van der Waals surface area contributed by atoms with Crippen molar-refractivity contribution < 1.29 is 13.5 Å². The average molecular weight is 287 g/mol. The van der Waals surface area contributed by atoms with Crippen LogP contribution in [0.25, 0.3) is 10.7 Å². The van der Waals surface area contributed by atoms with Crippen molar-refractivity contribution in [2.75, 3.05) is 0 Å². The fourth-order valence-corrected chi connectivity index (χ4v) is 2.88. The number of rotatable bonds is 3. The van der Waals surface area contributed by atoms with E-state index in [1.165, 1.54) is 24.3 Å². The van der Waals surface area contributed by atoms with Gasteiger partial charge >= 0.3 is 5.03 Å². The first kappa shape index (κ1) is 13.8. The molecule has 2 aromatic rings. The first-order valence-electron chi connectivity index (χ1n) is 5.71. The molecule has 0 saturated heterocycles. The molecule has 0 amide bonds. The van der Waals surface area contributed by atoms with E-state index in [-0.39, 0.29) is 10.5 Å². The SMILES string of the molecule is N#[N+]/C(=C(\O)c1ccccc1)S(=O)(=O)c1ccccc1. The minimum absolute atomic E-state index is 0.0599. The molecule has 6 heteroatoms. The Morgan fingerprint density at radius 3 is 1.95 bits per heavy atom. The van der Waals surface area contributed by atoms with Crippen molar-refractivity contribution in [2.45, 2.75) is 4.90 Å². The third-order valence-corrected chi connectivity index (χ3v) is 4.33. The summed E-state index contributed by atoms with van der Waals surface area (Å²) in [4.78, 5) is 2.69. The average Bonchev–Trinajstić information content (AvgIpc) is 2.49. The van der Waals surface area contributed by atoms with Crippen LogP contribution in [0.3, 0.4) is 0 Å². The highest BCUT2D eigenvalue weighted by atomic mass is 32.2. The molecule has 0 unspecified atom stereocenters. The Balaban J connectivity index is 2.62. The van der Waals surface area contributed by atoms with Crippen molar-refractivity contribution in [1.82, 2.24) is 0 Å². The number of nitrogens with zero attached hydrogens (tertiary/aromatic N) is 2. The maximum absolute atomic E-state index is 12.3. The number of hydrogen-bond donors (Lipinski definition) is 1. The second-order valence-electron chi connectivity index (χ2n) is 3.94. The number of aliphatic hydroxyl groups excluding tert-OH is 1. The van der Waals surface area contributed by atoms with Crippen LogP contribution in [-0.2, 0) is 9.84 Å². The molecule has 5 nitrogen and oxygen atoms in total. The van der Waals surface area contributed by atoms with Gasteiger partial charge in [-0.2, -0.15) is 0 Å². The quantitative estimate of drug-likeness (QED) is 0.694. The number of sulfone groups is 1. The van der Waals surface area contributed by atoms with Gasteiger partial charge in [0, 0.05) is 5.56 Å². The summed E-state index contributed by atoms with van der Waals surface area (Å²) < 4.78 is 24.6. The summed E-state index contributed by atoms with van der Waals surface area (Å²) >= 11 is 0. The Kier molecular flexibility index (Phi) is 3.82. The van der Waals surface area contributed by atoms with Crippen molar-refractivity contribution in [3.63, 3.8) is 0 Å². The Morgan fingerprint density at radius 1 is 0.950 bits per heavy atom. The molecule has 20 heavy (non-hydrogen) atoms. The summed E-state index contributed by atoms with van der Waals surface area (Å²) in [6, 6.07) is 15.5. The summed E-state index contributed by atoms with van der Waals surface area (Å²) in [6.45, 7) is 0. The van der Waals surface area contributed by atoms with E-state index in [2.05, 4.69) is 4.98 Å². The van der Waals surface area contributed by atoms with Gasteiger partial charge in [-0.3, -0.25) is 0 Å². The van der Waals surface area contributed by atoms with Crippen LogP contribution in [0.1, 0.15) is 5.56 Å². The number of benzene rings is 2. The van der Waals surface area contributed by atoms with Gasteiger partial charge in [-0.15, -0.1) is 0 Å². The van der Waals surface area contributed by atoms with E-state index in [1.807, 2.05) is 0 Å². The molecule has 0 aliphatic carbocycles. The lowest BCUT2D eigenvalue weighted by Crippen LogP contribution is -2.05. The van der Waals surface area contributed by atoms with Crippen LogP contribution < -0.4 is 0 Å². The van der Waals surface area contributed by atoms with Crippen LogP contribution >= 0.6 is 0 Å². The maximum Gasteiger partial charge on any atom is 0.520 e. The molecule has 0 atom stereocenters. The highest BCUT2D eigenvalue weighted by Gasteiger charge is 2.37. The van der Waals surface area contributed by atoms with Crippen molar-refractivity contribution >= 4 is 15.6 Å². The predicted octanol–water partition coefficient (Wildman–Crippen LogP) is 3.20. The lowest BCUT2D eigenvalue weighted by Gasteiger charge is -1.99. The van der Waals surface area contributed by atoms with Gasteiger partial charge < -0.3 is 5.11 Å². The zero-order valence-corrected chi connectivity index (χ0v) is 11.2. The lowest BCUT2D eigenvalue weighted by molar-refractivity contribution is 0.509. The minimum Gasteiger partial charge on any atom is -0.500 e. The second-order valence-corrected chi connectivity index (χ2v) is 5.80. The zero-order valence-electron chi connectivity index (χ0n) is 10.3. The number of aliphatic hydroxyl groups is 1. The fourth-order valence-electron chi connectivity index (χ4n) is 1.66. The molecule has 0 aromatic heterocycles. The standard InChI is InChI=1S/C14H10N2O3S/c15-16-14(13(17)11-7-3-1-4-8-11)20(18,19)12-9-5-2-6-10-12/h1-10H/p+1/b14-13+. The minimum atomic E-state index is -4.09. The fraction of sp³-hybridized carbons (Fsp3) is 0. The first-order chi connectivity index (χ1) is 9.57. The van der Waals surface area contributed by atoms with Gasteiger partial charge in [0.05, 0.1) is 4.90 Å². The molecule has 0 bridgehead atoms. The molecule has 0 radical (unpaired) electrons. The molecule has 0 fully saturated rings. The largest absolute Gasteiger partial charge is 0.520 e.